The van der Waals surface area contributed by atoms with Crippen molar-refractivity contribution >= 4 is 5.84 Å². The molecule has 6 heteroatoms. The Hall–Kier alpha value is -0.850. The topological polar surface area (TPSA) is 80.3 Å². The van der Waals surface area contributed by atoms with Crippen LogP contribution in [0.1, 0.15) is 32.6 Å². The molecule has 2 fully saturated rings. The number of nitrogens with zero attached hydrogens (tertiary/aromatic N) is 2. The van der Waals surface area contributed by atoms with Crippen LogP contribution in [0, 0.1) is 0 Å². The minimum absolute atomic E-state index is 0.0972. The predicted octanol–water partition coefficient (Wildman–Crippen LogP) is 0.783. The molecule has 1 spiro atoms. The first kappa shape index (κ1) is 14.6. The molecule has 2 aliphatic rings. The number of amidine groups is 1. The number of oxime groups is 1. The van der Waals surface area contributed by atoms with Gasteiger partial charge >= 0.3 is 0 Å². The van der Waals surface area contributed by atoms with Crippen molar-refractivity contribution in [3.8, 4) is 0 Å². The van der Waals surface area contributed by atoms with E-state index in [-0.39, 0.29) is 11.4 Å². The van der Waals surface area contributed by atoms with Crippen molar-refractivity contribution in [2.24, 2.45) is 10.9 Å². The normalized spacial score (nSPS) is 32.3. The van der Waals surface area contributed by atoms with Crippen molar-refractivity contribution in [3.63, 3.8) is 0 Å². The summed E-state index contributed by atoms with van der Waals surface area (Å²) in [6, 6.07) is 0.427. The second kappa shape index (κ2) is 6.54. The quantitative estimate of drug-likeness (QED) is 0.334. The summed E-state index contributed by atoms with van der Waals surface area (Å²) in [7, 11) is 0. The standard InChI is InChI=1S/C13H25N3O3/c1-2-5-16(9-12(14)15-17)11-3-6-19-13(8-11)4-7-18-10-13/h11,17H,2-10H2,1H3,(H2,14,15). The largest absolute Gasteiger partial charge is 0.409 e. The van der Waals surface area contributed by atoms with Crippen LogP contribution in [0.4, 0.5) is 0 Å². The molecule has 2 rings (SSSR count). The first-order valence-electron chi connectivity index (χ1n) is 7.11. The molecule has 0 saturated carbocycles. The van der Waals surface area contributed by atoms with Crippen LogP contribution in [0.5, 0.6) is 0 Å². The van der Waals surface area contributed by atoms with Gasteiger partial charge in [-0.05, 0) is 25.8 Å². The molecule has 0 aliphatic carbocycles. The van der Waals surface area contributed by atoms with Crippen LogP contribution in [-0.4, -0.2) is 60.5 Å². The summed E-state index contributed by atoms with van der Waals surface area (Å²) in [6.45, 7) is 5.88. The first-order valence-corrected chi connectivity index (χ1v) is 7.11. The fourth-order valence-corrected chi connectivity index (χ4v) is 3.09. The van der Waals surface area contributed by atoms with Gasteiger partial charge in [0.2, 0.25) is 0 Å². The molecule has 0 aromatic heterocycles. The van der Waals surface area contributed by atoms with Gasteiger partial charge in [0.15, 0.2) is 5.84 Å². The Morgan fingerprint density at radius 1 is 1.53 bits per heavy atom. The smallest absolute Gasteiger partial charge is 0.153 e. The Labute approximate surface area is 114 Å². The van der Waals surface area contributed by atoms with Gasteiger partial charge in [0, 0.05) is 25.7 Å². The average Bonchev–Trinajstić information content (AvgIpc) is 2.86. The minimum Gasteiger partial charge on any atom is -0.409 e. The van der Waals surface area contributed by atoms with Crippen LogP contribution >= 0.6 is 0 Å². The highest BCUT2D eigenvalue weighted by Gasteiger charge is 2.42. The Balaban J connectivity index is 1.99. The number of hydrogen-bond acceptors (Lipinski definition) is 5. The molecule has 2 saturated heterocycles. The molecule has 0 aromatic carbocycles. The summed E-state index contributed by atoms with van der Waals surface area (Å²) in [6.07, 6.45) is 4.01. The zero-order valence-corrected chi connectivity index (χ0v) is 11.7. The second-order valence-corrected chi connectivity index (χ2v) is 5.54. The lowest BCUT2D eigenvalue weighted by atomic mass is 9.88. The van der Waals surface area contributed by atoms with E-state index in [0.717, 1.165) is 45.4 Å². The molecule has 0 bridgehead atoms. The zero-order chi connectivity index (χ0) is 13.7. The summed E-state index contributed by atoms with van der Waals surface area (Å²) in [5.74, 6) is 0.275. The highest BCUT2D eigenvalue weighted by molar-refractivity contribution is 5.81. The molecule has 19 heavy (non-hydrogen) atoms. The lowest BCUT2D eigenvalue weighted by molar-refractivity contribution is -0.105. The van der Waals surface area contributed by atoms with Gasteiger partial charge in [0.05, 0.1) is 18.8 Å². The Bertz CT molecular complexity index is 316. The van der Waals surface area contributed by atoms with Gasteiger partial charge in [-0.3, -0.25) is 4.90 Å². The fourth-order valence-electron chi connectivity index (χ4n) is 3.09. The molecule has 3 N–H and O–H groups in total. The first-order chi connectivity index (χ1) is 9.19. The number of ether oxygens (including phenoxy) is 2. The minimum atomic E-state index is -0.0972. The lowest BCUT2D eigenvalue weighted by Gasteiger charge is -2.42. The van der Waals surface area contributed by atoms with Gasteiger partial charge in [-0.15, -0.1) is 0 Å². The Morgan fingerprint density at radius 3 is 3.00 bits per heavy atom. The van der Waals surface area contributed by atoms with Crippen LogP contribution < -0.4 is 5.73 Å². The fraction of sp³-hybridized carbons (Fsp3) is 0.923. The van der Waals surface area contributed by atoms with E-state index in [2.05, 4.69) is 17.0 Å². The van der Waals surface area contributed by atoms with Gasteiger partial charge in [-0.25, -0.2) is 0 Å². The van der Waals surface area contributed by atoms with Crippen molar-refractivity contribution in [2.45, 2.75) is 44.2 Å². The number of rotatable bonds is 5. The van der Waals surface area contributed by atoms with Crippen LogP contribution in [0.2, 0.25) is 0 Å². The van der Waals surface area contributed by atoms with Gasteiger partial charge in [-0.2, -0.15) is 0 Å². The van der Waals surface area contributed by atoms with E-state index >= 15 is 0 Å². The van der Waals surface area contributed by atoms with Gasteiger partial charge < -0.3 is 20.4 Å². The highest BCUT2D eigenvalue weighted by atomic mass is 16.6. The van der Waals surface area contributed by atoms with E-state index in [1.807, 2.05) is 0 Å². The monoisotopic (exact) mass is 271 g/mol. The van der Waals surface area contributed by atoms with Crippen molar-refractivity contribution in [3.05, 3.63) is 0 Å². The predicted molar refractivity (Wildman–Crippen MR) is 72.4 cm³/mol. The summed E-state index contributed by atoms with van der Waals surface area (Å²) >= 11 is 0. The van der Waals surface area contributed by atoms with Crippen molar-refractivity contribution in [1.29, 1.82) is 0 Å². The van der Waals surface area contributed by atoms with Crippen LogP contribution in [0.25, 0.3) is 0 Å². The van der Waals surface area contributed by atoms with E-state index in [0.29, 0.717) is 19.2 Å². The van der Waals surface area contributed by atoms with Crippen molar-refractivity contribution in [2.75, 3.05) is 32.9 Å². The molecular weight excluding hydrogens is 246 g/mol. The molecule has 2 atom stereocenters. The van der Waals surface area contributed by atoms with E-state index in [4.69, 9.17) is 20.4 Å². The van der Waals surface area contributed by atoms with Gasteiger partial charge in [0.25, 0.3) is 0 Å². The van der Waals surface area contributed by atoms with Crippen LogP contribution in [-0.2, 0) is 9.47 Å². The van der Waals surface area contributed by atoms with E-state index in [9.17, 15) is 0 Å². The molecule has 110 valence electrons. The summed E-state index contributed by atoms with van der Waals surface area (Å²) in [5.41, 5.74) is 5.56. The number of nitrogens with two attached hydrogens (primary N) is 1. The van der Waals surface area contributed by atoms with E-state index in [1.54, 1.807) is 0 Å². The van der Waals surface area contributed by atoms with E-state index < -0.39 is 0 Å². The third kappa shape index (κ3) is 3.58. The molecule has 0 aromatic rings. The second-order valence-electron chi connectivity index (χ2n) is 5.54. The summed E-state index contributed by atoms with van der Waals surface area (Å²) in [4.78, 5) is 2.30. The molecule has 2 aliphatic heterocycles. The Morgan fingerprint density at radius 2 is 2.37 bits per heavy atom. The maximum atomic E-state index is 8.75. The summed E-state index contributed by atoms with van der Waals surface area (Å²) < 4.78 is 11.4. The Kier molecular flexibility index (Phi) is 5.01. The molecular formula is C13H25N3O3. The van der Waals surface area contributed by atoms with Crippen molar-refractivity contribution in [1.82, 2.24) is 4.90 Å². The van der Waals surface area contributed by atoms with E-state index in [1.165, 1.54) is 0 Å². The summed E-state index contributed by atoms with van der Waals surface area (Å²) in [5, 5.41) is 11.8. The van der Waals surface area contributed by atoms with Gasteiger partial charge in [0.1, 0.15) is 0 Å². The SMILES string of the molecule is CCCN(CC(N)=NO)C1CCOC2(CCOC2)C1. The highest BCUT2D eigenvalue weighted by Crippen LogP contribution is 2.34. The van der Waals surface area contributed by atoms with Crippen molar-refractivity contribution < 1.29 is 14.7 Å². The third-order valence-electron chi connectivity index (χ3n) is 4.05. The van der Waals surface area contributed by atoms with Crippen LogP contribution in [0.15, 0.2) is 5.16 Å². The molecule has 0 amide bonds. The molecule has 6 nitrogen and oxygen atoms in total. The van der Waals surface area contributed by atoms with Gasteiger partial charge in [-0.1, -0.05) is 12.1 Å². The maximum absolute atomic E-state index is 8.75. The molecule has 2 unspecified atom stereocenters. The lowest BCUT2D eigenvalue weighted by Crippen LogP contribution is -2.51. The molecule has 0 radical (unpaired) electrons. The average molecular weight is 271 g/mol. The maximum Gasteiger partial charge on any atom is 0.153 e. The third-order valence-corrected chi connectivity index (χ3v) is 4.05. The van der Waals surface area contributed by atoms with Crippen LogP contribution in [0.3, 0.4) is 0 Å². The zero-order valence-electron chi connectivity index (χ0n) is 11.7. The number of hydrogen-bond donors (Lipinski definition) is 2. The molecule has 2 heterocycles.